The maximum atomic E-state index is 12.6. The zero-order chi connectivity index (χ0) is 20.2. The average Bonchev–Trinajstić information content (AvgIpc) is 3.21. The lowest BCUT2D eigenvalue weighted by atomic mass is 9.99. The van der Waals surface area contributed by atoms with Crippen molar-refractivity contribution in [2.24, 2.45) is 0 Å². The third-order valence-electron chi connectivity index (χ3n) is 4.73. The monoisotopic (exact) mass is 426 g/mol. The van der Waals surface area contributed by atoms with E-state index in [-0.39, 0.29) is 11.7 Å². The fraction of sp³-hybridized carbons (Fsp3) is 0.190. The van der Waals surface area contributed by atoms with Gasteiger partial charge in [0, 0.05) is 18.1 Å². The highest BCUT2D eigenvalue weighted by Crippen LogP contribution is 2.25. The maximum absolute atomic E-state index is 12.6. The minimum atomic E-state index is 0.0663. The molecule has 8 heteroatoms. The summed E-state index contributed by atoms with van der Waals surface area (Å²) in [5.41, 5.74) is 3.14. The molecule has 29 heavy (non-hydrogen) atoms. The Balaban J connectivity index is 1.37. The maximum Gasteiger partial charge on any atom is 0.233 e. The molecule has 0 saturated heterocycles. The van der Waals surface area contributed by atoms with E-state index in [1.54, 1.807) is 18.5 Å². The minimum absolute atomic E-state index is 0.0663. The van der Waals surface area contributed by atoms with Crippen LogP contribution in [0.25, 0.3) is 11.3 Å². The summed E-state index contributed by atoms with van der Waals surface area (Å²) in [6.07, 6.45) is 4.48. The van der Waals surface area contributed by atoms with Gasteiger partial charge >= 0.3 is 0 Å². The van der Waals surface area contributed by atoms with Crippen molar-refractivity contribution < 1.29 is 9.90 Å². The zero-order valence-corrected chi connectivity index (χ0v) is 17.1. The van der Waals surface area contributed by atoms with Crippen LogP contribution in [0.5, 0.6) is 5.75 Å². The zero-order valence-electron chi connectivity index (χ0n) is 15.5. The minimum Gasteiger partial charge on any atom is -0.508 e. The van der Waals surface area contributed by atoms with Gasteiger partial charge in [0.1, 0.15) is 12.1 Å². The molecule has 0 aliphatic carbocycles. The molecule has 6 nitrogen and oxygen atoms in total. The number of phenols is 1. The first-order chi connectivity index (χ1) is 14.1. The Kier molecular flexibility index (Phi) is 5.87. The number of halogens is 1. The van der Waals surface area contributed by atoms with Gasteiger partial charge in [0.15, 0.2) is 5.16 Å². The molecule has 148 valence electrons. The molecule has 1 aliphatic rings. The quantitative estimate of drug-likeness (QED) is 0.623. The van der Waals surface area contributed by atoms with Crippen LogP contribution in [-0.4, -0.2) is 49.5 Å². The second-order valence-corrected chi connectivity index (χ2v) is 8.00. The van der Waals surface area contributed by atoms with E-state index in [1.807, 2.05) is 45.9 Å². The number of rotatable bonds is 5. The van der Waals surface area contributed by atoms with Crippen molar-refractivity contribution in [3.05, 3.63) is 71.5 Å². The van der Waals surface area contributed by atoms with Crippen molar-refractivity contribution in [1.29, 1.82) is 0 Å². The molecule has 2 aromatic carbocycles. The Morgan fingerprint density at radius 1 is 1.21 bits per heavy atom. The predicted octanol–water partition coefficient (Wildman–Crippen LogP) is 4.03. The van der Waals surface area contributed by atoms with Gasteiger partial charge in [-0.3, -0.25) is 9.36 Å². The van der Waals surface area contributed by atoms with Crippen molar-refractivity contribution in [3.63, 3.8) is 0 Å². The molecule has 4 rings (SSSR count). The van der Waals surface area contributed by atoms with E-state index in [0.29, 0.717) is 29.0 Å². The predicted molar refractivity (Wildman–Crippen MR) is 114 cm³/mol. The molecule has 0 atom stereocenters. The first kappa shape index (κ1) is 19.5. The topological polar surface area (TPSA) is 71.2 Å². The third kappa shape index (κ3) is 4.63. The SMILES string of the molecule is O=C(CSc1nncn1-c1cccc(Cl)c1)N1CC=C(c2ccc(O)cc2)CC1. The lowest BCUT2D eigenvalue weighted by Gasteiger charge is -2.26. The summed E-state index contributed by atoms with van der Waals surface area (Å²) in [6, 6.07) is 14.6. The number of amides is 1. The van der Waals surface area contributed by atoms with Crippen molar-refractivity contribution in [2.75, 3.05) is 18.8 Å². The van der Waals surface area contributed by atoms with Crippen LogP contribution in [0.3, 0.4) is 0 Å². The van der Waals surface area contributed by atoms with Crippen molar-refractivity contribution in [3.8, 4) is 11.4 Å². The second kappa shape index (κ2) is 8.71. The fourth-order valence-electron chi connectivity index (χ4n) is 3.18. The first-order valence-electron chi connectivity index (χ1n) is 9.15. The molecule has 0 radical (unpaired) electrons. The molecule has 0 bridgehead atoms. The van der Waals surface area contributed by atoms with Gasteiger partial charge in [-0.25, -0.2) is 0 Å². The number of nitrogens with zero attached hydrogens (tertiary/aromatic N) is 4. The van der Waals surface area contributed by atoms with Crippen LogP contribution in [0.1, 0.15) is 12.0 Å². The molecule has 1 aliphatic heterocycles. The molecule has 3 aromatic rings. The highest BCUT2D eigenvalue weighted by Gasteiger charge is 2.19. The number of hydrogen-bond donors (Lipinski definition) is 1. The van der Waals surface area contributed by atoms with Crippen molar-refractivity contribution in [1.82, 2.24) is 19.7 Å². The van der Waals surface area contributed by atoms with Gasteiger partial charge in [0.25, 0.3) is 0 Å². The van der Waals surface area contributed by atoms with Gasteiger partial charge in [-0.2, -0.15) is 0 Å². The molecule has 0 unspecified atom stereocenters. The number of carbonyl (C=O) groups excluding carboxylic acids is 1. The summed E-state index contributed by atoms with van der Waals surface area (Å²) in [7, 11) is 0. The van der Waals surface area contributed by atoms with Crippen LogP contribution in [0.15, 0.2) is 66.1 Å². The van der Waals surface area contributed by atoms with Gasteiger partial charge < -0.3 is 10.0 Å². The Labute approximate surface area is 177 Å². The standard InChI is InChI=1S/C21H19ClN4O2S/c22-17-2-1-3-18(12-17)26-14-23-24-21(26)29-13-20(28)25-10-8-16(9-11-25)15-4-6-19(27)7-5-15/h1-8,12,14,27H,9-11,13H2. The van der Waals surface area contributed by atoms with Crippen molar-refractivity contribution >= 4 is 34.8 Å². The Bertz CT molecular complexity index is 1050. The van der Waals surface area contributed by atoms with Crippen LogP contribution >= 0.6 is 23.4 Å². The molecular weight excluding hydrogens is 408 g/mol. The molecule has 1 N–H and O–H groups in total. The number of aromatic hydroxyl groups is 1. The average molecular weight is 427 g/mol. The summed E-state index contributed by atoms with van der Waals surface area (Å²) in [4.78, 5) is 14.5. The molecule has 0 saturated carbocycles. The summed E-state index contributed by atoms with van der Waals surface area (Å²) in [5, 5.41) is 18.8. The van der Waals surface area contributed by atoms with Crippen LogP contribution in [-0.2, 0) is 4.79 Å². The Hall–Kier alpha value is -2.77. The summed E-state index contributed by atoms with van der Waals surface area (Å²) < 4.78 is 1.82. The molecule has 0 fully saturated rings. The lowest BCUT2D eigenvalue weighted by Crippen LogP contribution is -2.35. The number of benzene rings is 2. The van der Waals surface area contributed by atoms with Crippen LogP contribution in [0, 0.1) is 0 Å². The third-order valence-corrected chi connectivity index (χ3v) is 5.89. The van der Waals surface area contributed by atoms with E-state index >= 15 is 0 Å². The number of aromatic nitrogens is 3. The summed E-state index contributed by atoms with van der Waals surface area (Å²) in [5.74, 6) is 0.614. The number of thioether (sulfide) groups is 1. The lowest BCUT2D eigenvalue weighted by molar-refractivity contribution is -0.127. The van der Waals surface area contributed by atoms with Gasteiger partial charge in [0.2, 0.25) is 5.91 Å². The van der Waals surface area contributed by atoms with Crippen LogP contribution in [0.4, 0.5) is 0 Å². The fourth-order valence-corrected chi connectivity index (χ4v) is 4.19. The van der Waals surface area contributed by atoms with E-state index in [4.69, 9.17) is 11.6 Å². The molecule has 1 aromatic heterocycles. The van der Waals surface area contributed by atoms with Gasteiger partial charge in [-0.05, 0) is 47.9 Å². The second-order valence-electron chi connectivity index (χ2n) is 6.62. The Morgan fingerprint density at radius 3 is 2.76 bits per heavy atom. The number of carbonyl (C=O) groups is 1. The molecular formula is C21H19ClN4O2S. The van der Waals surface area contributed by atoms with Gasteiger partial charge in [0.05, 0.1) is 11.4 Å². The smallest absolute Gasteiger partial charge is 0.233 e. The molecule has 1 amide bonds. The van der Waals surface area contributed by atoms with E-state index < -0.39 is 0 Å². The first-order valence-corrected chi connectivity index (χ1v) is 10.5. The van der Waals surface area contributed by atoms with Crippen molar-refractivity contribution in [2.45, 2.75) is 11.6 Å². The molecule has 2 heterocycles. The number of phenolic OH excluding ortho intramolecular Hbond substituents is 1. The summed E-state index contributed by atoms with van der Waals surface area (Å²) in [6.45, 7) is 1.25. The van der Waals surface area contributed by atoms with Gasteiger partial charge in [-0.15, -0.1) is 10.2 Å². The summed E-state index contributed by atoms with van der Waals surface area (Å²) >= 11 is 7.43. The van der Waals surface area contributed by atoms with Crippen LogP contribution < -0.4 is 0 Å². The van der Waals surface area contributed by atoms with Gasteiger partial charge in [-0.1, -0.05) is 47.6 Å². The normalized spacial score (nSPS) is 14.0. The van der Waals surface area contributed by atoms with E-state index in [9.17, 15) is 9.90 Å². The Morgan fingerprint density at radius 2 is 2.03 bits per heavy atom. The van der Waals surface area contributed by atoms with E-state index in [2.05, 4.69) is 16.3 Å². The van der Waals surface area contributed by atoms with E-state index in [0.717, 1.165) is 17.7 Å². The largest absolute Gasteiger partial charge is 0.508 e. The molecule has 0 spiro atoms. The van der Waals surface area contributed by atoms with E-state index in [1.165, 1.54) is 17.3 Å². The highest BCUT2D eigenvalue weighted by molar-refractivity contribution is 7.99. The number of hydrogen-bond acceptors (Lipinski definition) is 5. The van der Waals surface area contributed by atoms with Crippen LogP contribution in [0.2, 0.25) is 5.02 Å². The highest BCUT2D eigenvalue weighted by atomic mass is 35.5.